The summed E-state index contributed by atoms with van der Waals surface area (Å²) in [6, 6.07) is 15.5. The molecule has 0 aliphatic carbocycles. The highest BCUT2D eigenvalue weighted by atomic mass is 16.6. The maximum Gasteiger partial charge on any atom is 0.253 e. The molecule has 2 aromatic heterocycles. The third kappa shape index (κ3) is 4.27. The van der Waals surface area contributed by atoms with Crippen molar-refractivity contribution in [3.63, 3.8) is 0 Å². The van der Waals surface area contributed by atoms with Crippen molar-refractivity contribution in [1.29, 1.82) is 0 Å². The van der Waals surface area contributed by atoms with E-state index < -0.39 is 0 Å². The number of piperidine rings is 1. The van der Waals surface area contributed by atoms with Crippen LogP contribution in [0.25, 0.3) is 10.9 Å². The number of aromatic nitrogens is 5. The molecule has 1 fully saturated rings. The predicted octanol–water partition coefficient (Wildman–Crippen LogP) is 3.16. The summed E-state index contributed by atoms with van der Waals surface area (Å²) in [6.45, 7) is 5.56. The number of aromatic amines is 1. The first-order chi connectivity index (χ1) is 17.2. The fourth-order valence-electron chi connectivity index (χ4n) is 5.20. The van der Waals surface area contributed by atoms with Crippen LogP contribution in [0.1, 0.15) is 42.8 Å². The number of tetrazole rings is 1. The van der Waals surface area contributed by atoms with Gasteiger partial charge in [-0.2, -0.15) is 0 Å². The fraction of sp³-hybridized carbons (Fsp3) is 0.385. The molecule has 0 unspecified atom stereocenters. The monoisotopic (exact) mass is 472 g/mol. The van der Waals surface area contributed by atoms with Gasteiger partial charge in [0.2, 0.25) is 0 Å². The van der Waals surface area contributed by atoms with Crippen molar-refractivity contribution in [3.05, 3.63) is 75.8 Å². The second kappa shape index (κ2) is 9.14. The van der Waals surface area contributed by atoms with Gasteiger partial charge in [-0.05, 0) is 53.4 Å². The van der Waals surface area contributed by atoms with Crippen LogP contribution in [0.3, 0.4) is 0 Å². The molecule has 1 N–H and O–H groups in total. The fourth-order valence-corrected chi connectivity index (χ4v) is 5.20. The third-order valence-corrected chi connectivity index (χ3v) is 6.86. The zero-order chi connectivity index (χ0) is 23.8. The standard InChI is InChI=1S/C26H28N6O3/c1-17-6-5-9-31(15-17)24(25-28-29-30-32(25)16-18-7-3-2-4-8-18)20-12-19-13-22-23(35-11-10-34-22)14-21(19)27-26(20)33/h2-4,7-8,12-14,17,24H,5-6,9-11,15-16H2,1H3,(H,27,33)/t17-,24+/m0/s1. The van der Waals surface area contributed by atoms with Crippen molar-refractivity contribution in [2.24, 2.45) is 5.92 Å². The molecule has 0 bridgehead atoms. The molecule has 0 spiro atoms. The molecule has 0 amide bonds. The number of benzene rings is 2. The van der Waals surface area contributed by atoms with Crippen LogP contribution in [0.5, 0.6) is 11.5 Å². The van der Waals surface area contributed by atoms with Crippen LogP contribution in [0, 0.1) is 5.92 Å². The van der Waals surface area contributed by atoms with Crippen molar-refractivity contribution in [3.8, 4) is 11.5 Å². The van der Waals surface area contributed by atoms with Gasteiger partial charge in [-0.15, -0.1) is 5.10 Å². The minimum absolute atomic E-state index is 0.147. The van der Waals surface area contributed by atoms with Crippen molar-refractivity contribution in [2.75, 3.05) is 26.3 Å². The smallest absolute Gasteiger partial charge is 0.253 e. The summed E-state index contributed by atoms with van der Waals surface area (Å²) in [6.07, 6.45) is 2.25. The van der Waals surface area contributed by atoms with E-state index in [1.807, 2.05) is 41.1 Å². The number of nitrogens with zero attached hydrogens (tertiary/aromatic N) is 5. The number of fused-ring (bicyclic) bond motifs is 2. The highest BCUT2D eigenvalue weighted by Crippen LogP contribution is 2.36. The summed E-state index contributed by atoms with van der Waals surface area (Å²) < 4.78 is 13.3. The average Bonchev–Trinajstić information content (AvgIpc) is 3.31. The van der Waals surface area contributed by atoms with E-state index in [9.17, 15) is 4.79 Å². The quantitative estimate of drug-likeness (QED) is 0.476. The molecule has 2 atom stereocenters. The largest absolute Gasteiger partial charge is 0.486 e. The van der Waals surface area contributed by atoms with Crippen molar-refractivity contribution >= 4 is 10.9 Å². The first-order valence-corrected chi connectivity index (χ1v) is 12.2. The zero-order valence-electron chi connectivity index (χ0n) is 19.7. The Hall–Kier alpha value is -3.72. The van der Waals surface area contributed by atoms with Crippen molar-refractivity contribution in [1.82, 2.24) is 30.1 Å². The van der Waals surface area contributed by atoms with Gasteiger partial charge in [0, 0.05) is 23.6 Å². The van der Waals surface area contributed by atoms with Crippen LogP contribution in [0.4, 0.5) is 0 Å². The minimum atomic E-state index is -0.363. The number of pyridine rings is 1. The van der Waals surface area contributed by atoms with Gasteiger partial charge in [-0.25, -0.2) is 4.68 Å². The van der Waals surface area contributed by atoms with E-state index in [1.165, 1.54) is 6.42 Å². The Morgan fingerprint density at radius 3 is 2.71 bits per heavy atom. The van der Waals surface area contributed by atoms with Crippen LogP contribution < -0.4 is 15.0 Å². The number of rotatable bonds is 5. The zero-order valence-corrected chi connectivity index (χ0v) is 19.7. The molecule has 2 aliphatic heterocycles. The Balaban J connectivity index is 1.47. The van der Waals surface area contributed by atoms with E-state index in [-0.39, 0.29) is 11.6 Å². The van der Waals surface area contributed by atoms with Gasteiger partial charge in [-0.1, -0.05) is 37.3 Å². The van der Waals surface area contributed by atoms with Gasteiger partial charge < -0.3 is 14.5 Å². The minimum Gasteiger partial charge on any atom is -0.486 e. The lowest BCUT2D eigenvalue weighted by atomic mass is 9.95. The van der Waals surface area contributed by atoms with Gasteiger partial charge in [0.15, 0.2) is 17.3 Å². The molecule has 1 saturated heterocycles. The van der Waals surface area contributed by atoms with E-state index in [4.69, 9.17) is 9.47 Å². The van der Waals surface area contributed by atoms with E-state index in [0.29, 0.717) is 48.6 Å². The molecule has 6 rings (SSSR count). The molecule has 2 aliphatic rings. The van der Waals surface area contributed by atoms with Gasteiger partial charge in [0.05, 0.1) is 12.1 Å². The lowest BCUT2D eigenvalue weighted by molar-refractivity contribution is 0.141. The highest BCUT2D eigenvalue weighted by Gasteiger charge is 2.33. The maximum absolute atomic E-state index is 13.5. The molecule has 2 aromatic carbocycles. The Kier molecular flexibility index (Phi) is 5.69. The molecule has 4 aromatic rings. The van der Waals surface area contributed by atoms with E-state index in [0.717, 1.165) is 36.0 Å². The second-order valence-electron chi connectivity index (χ2n) is 9.46. The third-order valence-electron chi connectivity index (χ3n) is 6.86. The lowest BCUT2D eigenvalue weighted by Crippen LogP contribution is -2.41. The van der Waals surface area contributed by atoms with Crippen LogP contribution in [-0.4, -0.2) is 56.4 Å². The number of nitrogens with one attached hydrogen (secondary N) is 1. The molecule has 0 saturated carbocycles. The van der Waals surface area contributed by atoms with Gasteiger partial charge >= 0.3 is 0 Å². The Bertz CT molecular complexity index is 1400. The number of H-pyrrole nitrogens is 1. The lowest BCUT2D eigenvalue weighted by Gasteiger charge is -2.36. The number of hydrogen-bond donors (Lipinski definition) is 1. The molecular weight excluding hydrogens is 444 g/mol. The van der Waals surface area contributed by atoms with Gasteiger partial charge in [0.25, 0.3) is 5.56 Å². The molecule has 9 nitrogen and oxygen atoms in total. The summed E-state index contributed by atoms with van der Waals surface area (Å²) in [5.41, 5.74) is 2.31. The van der Waals surface area contributed by atoms with Crippen LogP contribution >= 0.6 is 0 Å². The maximum atomic E-state index is 13.5. The average molecular weight is 473 g/mol. The predicted molar refractivity (Wildman–Crippen MR) is 131 cm³/mol. The first-order valence-electron chi connectivity index (χ1n) is 12.2. The van der Waals surface area contributed by atoms with Crippen molar-refractivity contribution < 1.29 is 9.47 Å². The Morgan fingerprint density at radius 1 is 1.11 bits per heavy atom. The first kappa shape index (κ1) is 21.8. The van der Waals surface area contributed by atoms with Crippen LogP contribution in [0.2, 0.25) is 0 Å². The topological polar surface area (TPSA) is 98.2 Å². The molecule has 4 heterocycles. The van der Waals surface area contributed by atoms with Crippen molar-refractivity contribution in [2.45, 2.75) is 32.4 Å². The van der Waals surface area contributed by atoms with E-state index >= 15 is 0 Å². The van der Waals surface area contributed by atoms with Gasteiger partial charge in [0.1, 0.15) is 19.3 Å². The normalized spacial score (nSPS) is 19.1. The summed E-state index contributed by atoms with van der Waals surface area (Å²) in [7, 11) is 0. The molecule has 35 heavy (non-hydrogen) atoms. The van der Waals surface area contributed by atoms with Crippen LogP contribution in [-0.2, 0) is 6.54 Å². The number of likely N-dealkylation sites (tertiary alicyclic amines) is 1. The van der Waals surface area contributed by atoms with Gasteiger partial charge in [-0.3, -0.25) is 9.69 Å². The number of hydrogen-bond acceptors (Lipinski definition) is 7. The molecule has 0 radical (unpaired) electrons. The second-order valence-corrected chi connectivity index (χ2v) is 9.46. The highest BCUT2D eigenvalue weighted by molar-refractivity contribution is 5.83. The summed E-state index contributed by atoms with van der Waals surface area (Å²) in [4.78, 5) is 18.9. The SMILES string of the molecule is C[C@H]1CCCN([C@H](c2cc3cc4c(cc3[nH]c2=O)OCCO4)c2nnnn2Cc2ccccc2)C1. The van der Waals surface area contributed by atoms with E-state index in [2.05, 4.69) is 44.5 Å². The molecule has 9 heteroatoms. The Morgan fingerprint density at radius 2 is 1.91 bits per heavy atom. The molecule has 180 valence electrons. The van der Waals surface area contributed by atoms with E-state index in [1.54, 1.807) is 0 Å². The summed E-state index contributed by atoms with van der Waals surface area (Å²) >= 11 is 0. The summed E-state index contributed by atoms with van der Waals surface area (Å²) in [5, 5.41) is 13.7. The summed E-state index contributed by atoms with van der Waals surface area (Å²) in [5.74, 6) is 2.55. The Labute approximate surface area is 202 Å². The van der Waals surface area contributed by atoms with Crippen LogP contribution in [0.15, 0.2) is 53.3 Å². The molecular formula is C26H28N6O3. The number of ether oxygens (including phenoxy) is 2.